The molecule has 0 unspecified atom stereocenters. The van der Waals surface area contributed by atoms with E-state index in [1.54, 1.807) is 17.3 Å². The highest BCUT2D eigenvalue weighted by atomic mass is 32.1. The summed E-state index contributed by atoms with van der Waals surface area (Å²) >= 11 is 1.37. The molecule has 1 aliphatic heterocycles. The number of thiazole rings is 1. The highest BCUT2D eigenvalue weighted by Crippen LogP contribution is 2.22. The molecule has 0 aliphatic carbocycles. The van der Waals surface area contributed by atoms with Gasteiger partial charge in [0.2, 0.25) is 11.8 Å². The fraction of sp³-hybridized carbons (Fsp3) is 0.368. The molecule has 1 aromatic carbocycles. The van der Waals surface area contributed by atoms with Crippen LogP contribution in [0.1, 0.15) is 29.1 Å². The zero-order valence-electron chi connectivity index (χ0n) is 15.1. The zero-order chi connectivity index (χ0) is 19.2. The van der Waals surface area contributed by atoms with Crippen molar-refractivity contribution in [2.24, 2.45) is 0 Å². The van der Waals surface area contributed by atoms with Gasteiger partial charge in [0.25, 0.3) is 0 Å². The molecule has 2 amide bonds. The van der Waals surface area contributed by atoms with E-state index in [0.717, 1.165) is 24.2 Å². The van der Waals surface area contributed by atoms with Crippen molar-refractivity contribution in [2.75, 3.05) is 18.5 Å². The van der Waals surface area contributed by atoms with Crippen molar-refractivity contribution >= 4 is 34.8 Å². The molecule has 1 aromatic heterocycles. The number of nitrogens with zero attached hydrogens (tertiary/aromatic N) is 2. The molecule has 0 radical (unpaired) electrons. The summed E-state index contributed by atoms with van der Waals surface area (Å²) in [4.78, 5) is 41.2. The summed E-state index contributed by atoms with van der Waals surface area (Å²) in [6.07, 6.45) is 1.86. The second-order valence-electron chi connectivity index (χ2n) is 6.24. The highest BCUT2D eigenvalue weighted by Gasteiger charge is 2.21. The van der Waals surface area contributed by atoms with Gasteiger partial charge in [0.1, 0.15) is 11.6 Å². The van der Waals surface area contributed by atoms with Crippen LogP contribution in [-0.4, -0.2) is 36.4 Å². The van der Waals surface area contributed by atoms with Crippen LogP contribution in [0.5, 0.6) is 0 Å². The molecule has 2 aromatic rings. The molecule has 1 saturated heterocycles. The minimum atomic E-state index is -0.346. The average molecular weight is 387 g/mol. The predicted octanol–water partition coefficient (Wildman–Crippen LogP) is 1.84. The van der Waals surface area contributed by atoms with Crippen molar-refractivity contribution in [3.63, 3.8) is 0 Å². The SMILES string of the molecule is CNC(=O)Cc1nc(COC(=O)Cc2ccc(N3CCCC3=O)cc2)cs1. The van der Waals surface area contributed by atoms with E-state index in [2.05, 4.69) is 10.3 Å². The van der Waals surface area contributed by atoms with E-state index in [9.17, 15) is 14.4 Å². The third-order valence-corrected chi connectivity index (χ3v) is 5.14. The fourth-order valence-corrected chi connectivity index (χ4v) is 3.59. The molecule has 3 rings (SSSR count). The third kappa shape index (κ3) is 5.13. The second-order valence-corrected chi connectivity index (χ2v) is 7.18. The number of hydrogen-bond donors (Lipinski definition) is 1. The second kappa shape index (κ2) is 8.77. The van der Waals surface area contributed by atoms with Crippen LogP contribution < -0.4 is 10.2 Å². The first-order chi connectivity index (χ1) is 13.0. The summed E-state index contributed by atoms with van der Waals surface area (Å²) < 4.78 is 5.26. The van der Waals surface area contributed by atoms with Crippen LogP contribution in [0.25, 0.3) is 0 Å². The first kappa shape index (κ1) is 19.0. The first-order valence-electron chi connectivity index (χ1n) is 8.74. The summed E-state index contributed by atoms with van der Waals surface area (Å²) in [5.74, 6) is -0.311. The summed E-state index contributed by atoms with van der Waals surface area (Å²) in [6.45, 7) is 0.833. The highest BCUT2D eigenvalue weighted by molar-refractivity contribution is 7.09. The number of likely N-dealkylation sites (N-methyl/N-ethyl adjacent to an activating group) is 1. The minimum absolute atomic E-state index is 0.0867. The lowest BCUT2D eigenvalue weighted by atomic mass is 10.1. The molecule has 0 atom stereocenters. The van der Waals surface area contributed by atoms with E-state index in [4.69, 9.17) is 4.74 Å². The molecule has 1 aliphatic rings. The maximum absolute atomic E-state index is 12.0. The summed E-state index contributed by atoms with van der Waals surface area (Å²) in [6, 6.07) is 7.40. The van der Waals surface area contributed by atoms with Gasteiger partial charge in [0.15, 0.2) is 0 Å². The molecule has 7 nitrogen and oxygen atoms in total. The van der Waals surface area contributed by atoms with Crippen molar-refractivity contribution < 1.29 is 19.1 Å². The van der Waals surface area contributed by atoms with Crippen LogP contribution in [0.15, 0.2) is 29.6 Å². The van der Waals surface area contributed by atoms with Crippen molar-refractivity contribution in [2.45, 2.75) is 32.3 Å². The Morgan fingerprint density at radius 1 is 1.26 bits per heavy atom. The molecule has 0 spiro atoms. The van der Waals surface area contributed by atoms with Crippen LogP contribution in [-0.2, 0) is 38.6 Å². The number of esters is 1. The van der Waals surface area contributed by atoms with Crippen molar-refractivity contribution in [3.8, 4) is 0 Å². The Morgan fingerprint density at radius 2 is 2.04 bits per heavy atom. The first-order valence-corrected chi connectivity index (χ1v) is 9.62. The standard InChI is InChI=1S/C19H21N3O4S/c1-20-16(23)10-17-21-14(12-27-17)11-26-19(25)9-13-4-6-15(7-5-13)22-8-2-3-18(22)24/h4-7,12H,2-3,8-11H2,1H3,(H,20,23). The number of aromatic nitrogens is 1. The number of carbonyl (C=O) groups excluding carboxylic acids is 3. The third-order valence-electron chi connectivity index (χ3n) is 4.24. The maximum Gasteiger partial charge on any atom is 0.310 e. The summed E-state index contributed by atoms with van der Waals surface area (Å²) in [5.41, 5.74) is 2.32. The van der Waals surface area contributed by atoms with Gasteiger partial charge in [-0.2, -0.15) is 0 Å². The van der Waals surface area contributed by atoms with E-state index in [1.165, 1.54) is 11.3 Å². The topological polar surface area (TPSA) is 88.6 Å². The van der Waals surface area contributed by atoms with Crippen molar-refractivity contribution in [1.82, 2.24) is 10.3 Å². The van der Waals surface area contributed by atoms with Crippen LogP contribution in [0.4, 0.5) is 5.69 Å². The Labute approximate surface area is 161 Å². The van der Waals surface area contributed by atoms with E-state index in [1.807, 2.05) is 24.3 Å². The van der Waals surface area contributed by atoms with E-state index in [-0.39, 0.29) is 37.2 Å². The van der Waals surface area contributed by atoms with Crippen molar-refractivity contribution in [3.05, 3.63) is 45.9 Å². The molecule has 142 valence electrons. The number of rotatable bonds is 7. The summed E-state index contributed by atoms with van der Waals surface area (Å²) in [7, 11) is 1.58. The Morgan fingerprint density at radius 3 is 2.70 bits per heavy atom. The lowest BCUT2D eigenvalue weighted by Crippen LogP contribution is -2.23. The van der Waals surface area contributed by atoms with Gasteiger partial charge in [0.05, 0.1) is 18.5 Å². The smallest absolute Gasteiger partial charge is 0.310 e. The number of amides is 2. The number of ether oxygens (including phenoxy) is 1. The number of benzene rings is 1. The zero-order valence-corrected chi connectivity index (χ0v) is 15.9. The van der Waals surface area contributed by atoms with E-state index < -0.39 is 0 Å². The van der Waals surface area contributed by atoms with Gasteiger partial charge in [-0.25, -0.2) is 4.98 Å². The van der Waals surface area contributed by atoms with E-state index in [0.29, 0.717) is 17.1 Å². The fourth-order valence-electron chi connectivity index (χ4n) is 2.81. The molecular formula is C19H21N3O4S. The van der Waals surface area contributed by atoms with Crippen LogP contribution in [0.2, 0.25) is 0 Å². The molecule has 27 heavy (non-hydrogen) atoms. The quantitative estimate of drug-likeness (QED) is 0.733. The minimum Gasteiger partial charge on any atom is -0.459 e. The Bertz CT molecular complexity index is 832. The largest absolute Gasteiger partial charge is 0.459 e. The molecule has 2 heterocycles. The number of anilines is 1. The van der Waals surface area contributed by atoms with Crippen LogP contribution in [0, 0.1) is 0 Å². The average Bonchev–Trinajstić information content (AvgIpc) is 3.29. The van der Waals surface area contributed by atoms with Crippen molar-refractivity contribution in [1.29, 1.82) is 0 Å². The lowest BCUT2D eigenvalue weighted by Gasteiger charge is -2.15. The Balaban J connectivity index is 1.48. The van der Waals surface area contributed by atoms with Gasteiger partial charge in [-0.15, -0.1) is 11.3 Å². The molecule has 1 fully saturated rings. The number of carbonyl (C=O) groups is 3. The lowest BCUT2D eigenvalue weighted by molar-refractivity contribution is -0.144. The Kier molecular flexibility index (Phi) is 6.18. The molecular weight excluding hydrogens is 366 g/mol. The Hall–Kier alpha value is -2.74. The van der Waals surface area contributed by atoms with Gasteiger partial charge < -0.3 is 15.0 Å². The molecule has 1 N–H and O–H groups in total. The number of nitrogens with one attached hydrogen (secondary N) is 1. The van der Waals surface area contributed by atoms with E-state index >= 15 is 0 Å². The monoisotopic (exact) mass is 387 g/mol. The van der Waals surface area contributed by atoms with Crippen LogP contribution >= 0.6 is 11.3 Å². The molecule has 8 heteroatoms. The van der Waals surface area contributed by atoms with Gasteiger partial charge in [-0.1, -0.05) is 12.1 Å². The molecule has 0 bridgehead atoms. The maximum atomic E-state index is 12.0. The van der Waals surface area contributed by atoms with Gasteiger partial charge >= 0.3 is 5.97 Å². The van der Waals surface area contributed by atoms with Gasteiger partial charge in [-0.3, -0.25) is 14.4 Å². The normalized spacial score (nSPS) is 13.7. The van der Waals surface area contributed by atoms with Crippen LogP contribution in [0.3, 0.4) is 0 Å². The predicted molar refractivity (Wildman–Crippen MR) is 101 cm³/mol. The van der Waals surface area contributed by atoms with Gasteiger partial charge in [-0.05, 0) is 24.1 Å². The van der Waals surface area contributed by atoms with Gasteiger partial charge in [0, 0.05) is 31.1 Å². The molecule has 0 saturated carbocycles. The summed E-state index contributed by atoms with van der Waals surface area (Å²) in [5, 5.41) is 5.02. The number of hydrogen-bond acceptors (Lipinski definition) is 6.